The molecule has 148 valence electrons. The summed E-state index contributed by atoms with van der Waals surface area (Å²) in [6.45, 7) is 6.40. The Balaban J connectivity index is 1.93. The molecule has 1 aromatic carbocycles. The molecule has 7 heteroatoms. The van der Waals surface area contributed by atoms with Crippen LogP contribution in [0.2, 0.25) is 0 Å². The van der Waals surface area contributed by atoms with Crippen LogP contribution in [0.25, 0.3) is 0 Å². The maximum Gasteiger partial charge on any atom is 0.291 e. The lowest BCUT2D eigenvalue weighted by Crippen LogP contribution is -2.52. The summed E-state index contributed by atoms with van der Waals surface area (Å²) in [5, 5.41) is 1.08. The first kappa shape index (κ1) is 19.7. The second-order valence-electron chi connectivity index (χ2n) is 7.80. The van der Waals surface area contributed by atoms with Gasteiger partial charge in [0.25, 0.3) is 18.1 Å². The van der Waals surface area contributed by atoms with Crippen molar-refractivity contribution in [3.05, 3.63) is 46.7 Å². The monoisotopic (exact) mass is 381 g/mol. The van der Waals surface area contributed by atoms with Crippen molar-refractivity contribution in [2.45, 2.75) is 64.3 Å². The first-order chi connectivity index (χ1) is 12.6. The first-order valence-corrected chi connectivity index (χ1v) is 9.24. The molecule has 3 rings (SSSR count). The van der Waals surface area contributed by atoms with Crippen molar-refractivity contribution in [1.29, 1.82) is 0 Å². The molecular weight excluding hydrogens is 355 g/mol. The van der Waals surface area contributed by atoms with Crippen LogP contribution in [-0.4, -0.2) is 41.1 Å². The molecule has 4 nitrogen and oxygen atoms in total. The summed E-state index contributed by atoms with van der Waals surface area (Å²) in [5.41, 5.74) is 4.66. The van der Waals surface area contributed by atoms with Gasteiger partial charge in [-0.1, -0.05) is 37.6 Å². The molecule has 1 aliphatic heterocycles. The van der Waals surface area contributed by atoms with Gasteiger partial charge in [0.1, 0.15) is 0 Å². The largest absolute Gasteiger partial charge is 0.331 e. The van der Waals surface area contributed by atoms with Crippen LogP contribution in [0.1, 0.15) is 49.3 Å². The number of rotatable bonds is 6. The quantitative estimate of drug-likeness (QED) is 0.760. The van der Waals surface area contributed by atoms with Gasteiger partial charge in [0, 0.05) is 25.8 Å². The second kappa shape index (κ2) is 7.19. The molecule has 1 fully saturated rings. The molecule has 0 aromatic heterocycles. The number of hydrazine groups is 1. The number of hydrogen-bond donors (Lipinski definition) is 1. The molecule has 1 N–H and O–H groups in total. The zero-order valence-corrected chi connectivity index (χ0v) is 16.1. The average Bonchev–Trinajstić information content (AvgIpc) is 3.36. The topological polar surface area (TPSA) is 35.6 Å². The lowest BCUT2D eigenvalue weighted by atomic mass is 9.95. The van der Waals surface area contributed by atoms with Gasteiger partial charge in [-0.2, -0.15) is 5.43 Å². The van der Waals surface area contributed by atoms with E-state index in [9.17, 15) is 18.0 Å². The third-order valence-electron chi connectivity index (χ3n) is 5.09. The van der Waals surface area contributed by atoms with E-state index in [1.807, 2.05) is 25.1 Å². The molecule has 27 heavy (non-hydrogen) atoms. The second-order valence-corrected chi connectivity index (χ2v) is 7.80. The Bertz CT molecular complexity index is 761. The van der Waals surface area contributed by atoms with E-state index in [2.05, 4.69) is 19.3 Å². The van der Waals surface area contributed by atoms with E-state index in [-0.39, 0.29) is 12.0 Å². The molecule has 1 amide bonds. The van der Waals surface area contributed by atoms with Crippen LogP contribution in [0.5, 0.6) is 0 Å². The highest BCUT2D eigenvalue weighted by Gasteiger charge is 2.53. The van der Waals surface area contributed by atoms with Gasteiger partial charge >= 0.3 is 0 Å². The van der Waals surface area contributed by atoms with Crippen molar-refractivity contribution in [3.8, 4) is 0 Å². The SMILES string of the molecule is Cc1ccc(C(C)C)c(CN(C(=O)C2=CN(C)NC2(F)C(F)F)C2CC2)c1. The molecule has 1 saturated carbocycles. The Morgan fingerprint density at radius 3 is 2.59 bits per heavy atom. The normalized spacial score (nSPS) is 22.6. The van der Waals surface area contributed by atoms with Gasteiger partial charge in [-0.15, -0.1) is 0 Å². The number of hydrogen-bond acceptors (Lipinski definition) is 3. The van der Waals surface area contributed by atoms with Gasteiger partial charge in [0.2, 0.25) is 0 Å². The average molecular weight is 381 g/mol. The lowest BCUT2D eigenvalue weighted by Gasteiger charge is -2.29. The van der Waals surface area contributed by atoms with Gasteiger partial charge in [-0.05, 0) is 36.8 Å². The van der Waals surface area contributed by atoms with Crippen LogP contribution in [0.3, 0.4) is 0 Å². The number of nitrogens with one attached hydrogen (secondary N) is 1. The number of amides is 1. The van der Waals surface area contributed by atoms with Crippen LogP contribution in [0.15, 0.2) is 30.0 Å². The third kappa shape index (κ3) is 3.83. The summed E-state index contributed by atoms with van der Waals surface area (Å²) in [4.78, 5) is 14.6. The Morgan fingerprint density at radius 1 is 1.37 bits per heavy atom. The predicted octanol–water partition coefficient (Wildman–Crippen LogP) is 3.87. The van der Waals surface area contributed by atoms with Crippen LogP contribution < -0.4 is 5.43 Å². The highest BCUT2D eigenvalue weighted by Crippen LogP contribution is 2.37. The summed E-state index contributed by atoms with van der Waals surface area (Å²) in [5.74, 6) is -3.57. The maximum absolute atomic E-state index is 14.8. The van der Waals surface area contributed by atoms with Crippen molar-refractivity contribution in [3.63, 3.8) is 0 Å². The highest BCUT2D eigenvalue weighted by atomic mass is 19.3. The number of alkyl halides is 3. The molecule has 1 heterocycles. The van der Waals surface area contributed by atoms with E-state index in [4.69, 9.17) is 0 Å². The summed E-state index contributed by atoms with van der Waals surface area (Å²) in [7, 11) is 1.40. The molecule has 1 aliphatic carbocycles. The minimum Gasteiger partial charge on any atom is -0.331 e. The van der Waals surface area contributed by atoms with Crippen molar-refractivity contribution in [2.75, 3.05) is 7.05 Å². The van der Waals surface area contributed by atoms with Crippen LogP contribution in [0.4, 0.5) is 13.2 Å². The van der Waals surface area contributed by atoms with E-state index in [1.165, 1.54) is 7.05 Å². The lowest BCUT2D eigenvalue weighted by molar-refractivity contribution is -0.132. The number of aryl methyl sites for hydroxylation is 1. The molecule has 2 aliphatic rings. The van der Waals surface area contributed by atoms with Gasteiger partial charge in [-0.25, -0.2) is 13.2 Å². The Labute approximate surface area is 158 Å². The van der Waals surface area contributed by atoms with Gasteiger partial charge in [-0.3, -0.25) is 4.79 Å². The standard InChI is InChI=1S/C20H26F3N3O/c1-12(2)16-8-5-13(3)9-14(16)10-26(15-6-7-15)18(27)17-11-25(4)24-20(17,23)19(21)22/h5,8-9,11-12,15,19,24H,6-7,10H2,1-4H3. The zero-order valence-electron chi connectivity index (χ0n) is 16.1. The molecule has 1 aromatic rings. The number of halogens is 3. The van der Waals surface area contributed by atoms with Crippen LogP contribution in [-0.2, 0) is 11.3 Å². The number of nitrogens with zero attached hydrogens (tertiary/aromatic N) is 2. The molecule has 1 unspecified atom stereocenters. The molecule has 0 saturated heterocycles. The fourth-order valence-electron chi connectivity index (χ4n) is 3.54. The van der Waals surface area contributed by atoms with Crippen molar-refractivity contribution in [2.24, 2.45) is 0 Å². The zero-order chi connectivity index (χ0) is 19.9. The van der Waals surface area contributed by atoms with E-state index >= 15 is 0 Å². The van der Waals surface area contributed by atoms with E-state index < -0.39 is 23.7 Å². The van der Waals surface area contributed by atoms with Crippen molar-refractivity contribution in [1.82, 2.24) is 15.3 Å². The summed E-state index contributed by atoms with van der Waals surface area (Å²) < 4.78 is 41.6. The fourth-order valence-corrected chi connectivity index (χ4v) is 3.54. The molecule has 1 atom stereocenters. The molecule has 0 bridgehead atoms. The van der Waals surface area contributed by atoms with Gasteiger partial charge < -0.3 is 9.91 Å². The predicted molar refractivity (Wildman–Crippen MR) is 97.7 cm³/mol. The Hall–Kier alpha value is -2.02. The number of carbonyl (C=O) groups is 1. The van der Waals surface area contributed by atoms with E-state index in [0.29, 0.717) is 6.54 Å². The summed E-state index contributed by atoms with van der Waals surface area (Å²) in [6, 6.07) is 6.03. The van der Waals surface area contributed by atoms with Gasteiger partial charge in [0.05, 0.1) is 5.57 Å². The van der Waals surface area contributed by atoms with Crippen LogP contribution in [0, 0.1) is 6.92 Å². The summed E-state index contributed by atoms with van der Waals surface area (Å²) in [6.07, 6.45) is -0.606. The highest BCUT2D eigenvalue weighted by molar-refractivity contribution is 5.96. The minimum absolute atomic E-state index is 0.0354. The van der Waals surface area contributed by atoms with Crippen LogP contribution >= 0.6 is 0 Å². The number of carbonyl (C=O) groups excluding carboxylic acids is 1. The third-order valence-corrected chi connectivity index (χ3v) is 5.09. The molecular formula is C20H26F3N3O. The van der Waals surface area contributed by atoms with Gasteiger partial charge in [0.15, 0.2) is 0 Å². The first-order valence-electron chi connectivity index (χ1n) is 9.24. The smallest absolute Gasteiger partial charge is 0.291 e. The minimum atomic E-state index is -3.34. The Kier molecular flexibility index (Phi) is 5.25. The molecule has 0 radical (unpaired) electrons. The Morgan fingerprint density at radius 2 is 2.04 bits per heavy atom. The van der Waals surface area contributed by atoms with E-state index in [0.717, 1.165) is 40.7 Å². The molecule has 0 spiro atoms. The van der Waals surface area contributed by atoms with E-state index in [1.54, 1.807) is 4.90 Å². The maximum atomic E-state index is 14.8. The fraction of sp³-hybridized carbons (Fsp3) is 0.550. The summed E-state index contributed by atoms with van der Waals surface area (Å²) >= 11 is 0. The van der Waals surface area contributed by atoms with Crippen molar-refractivity contribution >= 4 is 5.91 Å². The van der Waals surface area contributed by atoms with Crippen molar-refractivity contribution < 1.29 is 18.0 Å². The number of benzene rings is 1.